The average Bonchev–Trinajstić information content (AvgIpc) is 2.91. The van der Waals surface area contributed by atoms with Crippen molar-refractivity contribution >= 4 is 17.5 Å². The zero-order chi connectivity index (χ0) is 15.0. The molecule has 2 unspecified atom stereocenters. The molecule has 3 rings (SSSR count). The number of aromatic amines is 1. The second-order valence-electron chi connectivity index (χ2n) is 5.48. The Kier molecular flexibility index (Phi) is 3.82. The lowest BCUT2D eigenvalue weighted by atomic mass is 9.95. The van der Waals surface area contributed by atoms with E-state index >= 15 is 0 Å². The van der Waals surface area contributed by atoms with E-state index in [0.29, 0.717) is 34.8 Å². The number of nitrogens with two attached hydrogens (primary N) is 1. The quantitative estimate of drug-likeness (QED) is 0.894. The van der Waals surface area contributed by atoms with Crippen molar-refractivity contribution in [3.63, 3.8) is 0 Å². The topological polar surface area (TPSA) is 70.8 Å². The van der Waals surface area contributed by atoms with E-state index in [-0.39, 0.29) is 6.04 Å². The third-order valence-corrected chi connectivity index (χ3v) is 4.19. The summed E-state index contributed by atoms with van der Waals surface area (Å²) in [6.07, 6.45) is 1.00. The van der Waals surface area contributed by atoms with Crippen LogP contribution < -0.4 is 10.6 Å². The third-order valence-electron chi connectivity index (χ3n) is 3.96. The molecule has 0 spiro atoms. The second-order valence-corrected chi connectivity index (χ2v) is 5.92. The Bertz CT molecular complexity index is 644. The molecule has 2 aromatic rings. The summed E-state index contributed by atoms with van der Waals surface area (Å²) < 4.78 is 13.9. The molecule has 0 saturated carbocycles. The van der Waals surface area contributed by atoms with Crippen LogP contribution in [0.4, 0.5) is 10.3 Å². The molecule has 1 saturated heterocycles. The Morgan fingerprint density at radius 1 is 1.48 bits per heavy atom. The van der Waals surface area contributed by atoms with Gasteiger partial charge in [0.2, 0.25) is 5.95 Å². The van der Waals surface area contributed by atoms with Crippen LogP contribution in [-0.2, 0) is 0 Å². The SMILES string of the molecule is CC1CCN(c2n[nH]c(-c3ccc(Cl)cc3F)n2)CC1N. The van der Waals surface area contributed by atoms with Gasteiger partial charge in [0.1, 0.15) is 5.82 Å². The number of piperidine rings is 1. The van der Waals surface area contributed by atoms with Gasteiger partial charge in [-0.15, -0.1) is 5.10 Å². The molecule has 21 heavy (non-hydrogen) atoms. The minimum absolute atomic E-state index is 0.105. The van der Waals surface area contributed by atoms with Crippen LogP contribution in [-0.4, -0.2) is 34.3 Å². The van der Waals surface area contributed by atoms with E-state index in [1.165, 1.54) is 6.07 Å². The lowest BCUT2D eigenvalue weighted by molar-refractivity contribution is 0.376. The maximum absolute atomic E-state index is 13.9. The van der Waals surface area contributed by atoms with Gasteiger partial charge in [-0.3, -0.25) is 5.10 Å². The molecule has 1 aromatic heterocycles. The van der Waals surface area contributed by atoms with Gasteiger partial charge in [-0.2, -0.15) is 4.98 Å². The molecule has 0 bridgehead atoms. The minimum Gasteiger partial charge on any atom is -0.338 e. The van der Waals surface area contributed by atoms with Gasteiger partial charge < -0.3 is 10.6 Å². The smallest absolute Gasteiger partial charge is 0.245 e. The van der Waals surface area contributed by atoms with Gasteiger partial charge >= 0.3 is 0 Å². The van der Waals surface area contributed by atoms with Crippen LogP contribution in [0.3, 0.4) is 0 Å². The van der Waals surface area contributed by atoms with Gasteiger partial charge in [0.25, 0.3) is 0 Å². The molecule has 2 atom stereocenters. The Morgan fingerprint density at radius 3 is 3.00 bits per heavy atom. The normalized spacial score (nSPS) is 22.6. The molecule has 3 N–H and O–H groups in total. The Labute approximate surface area is 127 Å². The lowest BCUT2D eigenvalue weighted by Gasteiger charge is -2.34. The first-order valence-electron chi connectivity index (χ1n) is 6.93. The van der Waals surface area contributed by atoms with Crippen LogP contribution in [0, 0.1) is 11.7 Å². The van der Waals surface area contributed by atoms with Crippen LogP contribution in [0.1, 0.15) is 13.3 Å². The summed E-state index contributed by atoms with van der Waals surface area (Å²) in [5.41, 5.74) is 6.44. The number of nitrogens with zero attached hydrogens (tertiary/aromatic N) is 3. The van der Waals surface area contributed by atoms with Gasteiger partial charge in [-0.25, -0.2) is 4.39 Å². The Morgan fingerprint density at radius 2 is 2.29 bits per heavy atom. The van der Waals surface area contributed by atoms with Gasteiger partial charge in [0.15, 0.2) is 5.82 Å². The molecule has 1 fully saturated rings. The lowest BCUT2D eigenvalue weighted by Crippen LogP contribution is -2.48. The summed E-state index contributed by atoms with van der Waals surface area (Å²) in [4.78, 5) is 6.40. The molecule has 0 radical (unpaired) electrons. The van der Waals surface area contributed by atoms with Crippen LogP contribution in [0.5, 0.6) is 0 Å². The van der Waals surface area contributed by atoms with E-state index in [2.05, 4.69) is 22.1 Å². The number of aromatic nitrogens is 3. The van der Waals surface area contributed by atoms with Crippen molar-refractivity contribution in [3.05, 3.63) is 29.0 Å². The molecular formula is C14H17ClFN5. The third kappa shape index (κ3) is 2.87. The highest BCUT2D eigenvalue weighted by Gasteiger charge is 2.25. The van der Waals surface area contributed by atoms with E-state index in [0.717, 1.165) is 13.0 Å². The van der Waals surface area contributed by atoms with Gasteiger partial charge in [-0.1, -0.05) is 18.5 Å². The van der Waals surface area contributed by atoms with Crippen LogP contribution in [0.25, 0.3) is 11.4 Å². The maximum Gasteiger partial charge on any atom is 0.245 e. The molecular weight excluding hydrogens is 293 g/mol. The number of nitrogens with one attached hydrogen (secondary N) is 1. The molecule has 1 aliphatic rings. The van der Waals surface area contributed by atoms with E-state index in [1.54, 1.807) is 12.1 Å². The zero-order valence-electron chi connectivity index (χ0n) is 11.7. The van der Waals surface area contributed by atoms with Crippen LogP contribution in [0.15, 0.2) is 18.2 Å². The molecule has 0 aliphatic carbocycles. The highest BCUT2D eigenvalue weighted by molar-refractivity contribution is 6.30. The molecule has 112 valence electrons. The monoisotopic (exact) mass is 309 g/mol. The largest absolute Gasteiger partial charge is 0.338 e. The van der Waals surface area contributed by atoms with Gasteiger partial charge in [0.05, 0.1) is 5.56 Å². The fourth-order valence-corrected chi connectivity index (χ4v) is 2.64. The summed E-state index contributed by atoms with van der Waals surface area (Å²) in [5.74, 6) is 1.02. The van der Waals surface area contributed by atoms with Crippen molar-refractivity contribution in [1.82, 2.24) is 15.2 Å². The summed E-state index contributed by atoms with van der Waals surface area (Å²) in [5, 5.41) is 7.31. The molecule has 1 aliphatic heterocycles. The predicted molar refractivity (Wildman–Crippen MR) is 80.8 cm³/mol. The van der Waals surface area contributed by atoms with Crippen molar-refractivity contribution in [1.29, 1.82) is 0 Å². The van der Waals surface area contributed by atoms with E-state index in [1.807, 2.05) is 4.90 Å². The average molecular weight is 310 g/mol. The molecule has 0 amide bonds. The van der Waals surface area contributed by atoms with Crippen molar-refractivity contribution in [3.8, 4) is 11.4 Å². The Balaban J connectivity index is 1.83. The summed E-state index contributed by atoms with van der Waals surface area (Å²) >= 11 is 5.75. The fraction of sp³-hybridized carbons (Fsp3) is 0.429. The number of rotatable bonds is 2. The highest BCUT2D eigenvalue weighted by Crippen LogP contribution is 2.25. The molecule has 2 heterocycles. The Hall–Kier alpha value is -1.66. The summed E-state index contributed by atoms with van der Waals surface area (Å²) in [6, 6.07) is 4.58. The molecule has 5 nitrogen and oxygen atoms in total. The number of hydrogen-bond acceptors (Lipinski definition) is 4. The van der Waals surface area contributed by atoms with Gasteiger partial charge in [-0.05, 0) is 30.5 Å². The first kappa shape index (κ1) is 14.3. The van der Waals surface area contributed by atoms with Crippen molar-refractivity contribution in [2.24, 2.45) is 11.7 Å². The highest BCUT2D eigenvalue weighted by atomic mass is 35.5. The van der Waals surface area contributed by atoms with Crippen molar-refractivity contribution in [2.75, 3.05) is 18.0 Å². The first-order chi connectivity index (χ1) is 10.0. The second kappa shape index (κ2) is 5.61. The minimum atomic E-state index is -0.422. The fourth-order valence-electron chi connectivity index (χ4n) is 2.48. The van der Waals surface area contributed by atoms with E-state index < -0.39 is 5.82 Å². The molecule has 7 heteroatoms. The number of H-pyrrole nitrogens is 1. The van der Waals surface area contributed by atoms with Crippen LogP contribution in [0.2, 0.25) is 5.02 Å². The number of halogens is 2. The number of benzene rings is 1. The predicted octanol–water partition coefficient (Wildman–Crippen LogP) is 2.44. The van der Waals surface area contributed by atoms with E-state index in [4.69, 9.17) is 17.3 Å². The summed E-state index contributed by atoms with van der Waals surface area (Å²) in [7, 11) is 0. The number of hydrogen-bond donors (Lipinski definition) is 2. The zero-order valence-corrected chi connectivity index (χ0v) is 12.4. The standard InChI is InChI=1S/C14H17ClFN5/c1-8-4-5-21(7-12(8)17)14-18-13(19-20-14)10-3-2-9(15)6-11(10)16/h2-3,6,8,12H,4-5,7,17H2,1H3,(H,18,19,20). The van der Waals surface area contributed by atoms with Crippen molar-refractivity contribution in [2.45, 2.75) is 19.4 Å². The number of anilines is 1. The van der Waals surface area contributed by atoms with Crippen LogP contribution >= 0.6 is 11.6 Å². The summed E-state index contributed by atoms with van der Waals surface area (Å²) in [6.45, 7) is 3.71. The molecule has 1 aromatic carbocycles. The first-order valence-corrected chi connectivity index (χ1v) is 7.30. The van der Waals surface area contributed by atoms with E-state index in [9.17, 15) is 4.39 Å². The van der Waals surface area contributed by atoms with Crippen molar-refractivity contribution < 1.29 is 4.39 Å². The maximum atomic E-state index is 13.9. The van der Waals surface area contributed by atoms with Gasteiger partial charge in [0, 0.05) is 24.2 Å².